The molecule has 12 heteroatoms. The summed E-state index contributed by atoms with van der Waals surface area (Å²) in [4.78, 5) is 49.1. The fourth-order valence-electron chi connectivity index (χ4n) is 5.39. The van der Waals surface area contributed by atoms with E-state index >= 15 is 0 Å². The molecule has 2 saturated heterocycles. The minimum absolute atomic E-state index is 0.0207. The van der Waals surface area contributed by atoms with Gasteiger partial charge in [-0.2, -0.15) is 0 Å². The monoisotopic (exact) mass is 655 g/mol. The van der Waals surface area contributed by atoms with Crippen LogP contribution in [-0.2, 0) is 27.5 Å². The van der Waals surface area contributed by atoms with Gasteiger partial charge in [-0.3, -0.25) is 24.2 Å². The molecule has 228 valence electrons. The van der Waals surface area contributed by atoms with Gasteiger partial charge in [0.15, 0.2) is 0 Å². The van der Waals surface area contributed by atoms with Crippen molar-refractivity contribution in [3.05, 3.63) is 67.6 Å². The van der Waals surface area contributed by atoms with Crippen molar-refractivity contribution in [2.45, 2.75) is 25.9 Å². The van der Waals surface area contributed by atoms with Crippen LogP contribution in [0.5, 0.6) is 0 Å². The molecule has 2 aromatic carbocycles. The standard InChI is InChI=1S/C30H37Cl4N5O3/c1-35(2)30(42)23(17-28(40)38-11-7-36(8-12-38)19-21-3-5-24(31)26(33)15-21)18-29(41)39-13-9-37(10-14-39)20-22-4-6-25(32)27(34)16-22/h3-6,15-16,23H,7-14,17-20H2,1-2H3. The third-order valence-corrected chi connectivity index (χ3v) is 9.34. The van der Waals surface area contributed by atoms with Gasteiger partial charge in [0.25, 0.3) is 0 Å². The van der Waals surface area contributed by atoms with Crippen molar-refractivity contribution in [1.82, 2.24) is 24.5 Å². The number of rotatable bonds is 9. The van der Waals surface area contributed by atoms with Gasteiger partial charge in [-0.05, 0) is 35.4 Å². The molecule has 0 spiro atoms. The highest BCUT2D eigenvalue weighted by Gasteiger charge is 2.32. The lowest BCUT2D eigenvalue weighted by Gasteiger charge is -2.36. The Balaban J connectivity index is 1.26. The molecular formula is C30H37Cl4N5O3. The van der Waals surface area contributed by atoms with Gasteiger partial charge in [-0.15, -0.1) is 0 Å². The third-order valence-electron chi connectivity index (χ3n) is 7.86. The quantitative estimate of drug-likeness (QED) is 0.389. The van der Waals surface area contributed by atoms with Crippen molar-refractivity contribution < 1.29 is 14.4 Å². The molecule has 8 nitrogen and oxygen atoms in total. The zero-order valence-electron chi connectivity index (χ0n) is 24.0. The number of halogens is 4. The molecule has 3 amide bonds. The fourth-order valence-corrected chi connectivity index (χ4v) is 6.04. The molecule has 2 aromatic rings. The maximum Gasteiger partial charge on any atom is 0.226 e. The molecule has 2 fully saturated rings. The van der Waals surface area contributed by atoms with Crippen LogP contribution in [0.2, 0.25) is 20.1 Å². The summed E-state index contributed by atoms with van der Waals surface area (Å²) < 4.78 is 0. The molecule has 0 aromatic heterocycles. The summed E-state index contributed by atoms with van der Waals surface area (Å²) in [5.41, 5.74) is 2.13. The van der Waals surface area contributed by atoms with Crippen LogP contribution in [0.15, 0.2) is 36.4 Å². The Morgan fingerprint density at radius 1 is 0.643 bits per heavy atom. The van der Waals surface area contributed by atoms with Gasteiger partial charge in [-0.1, -0.05) is 58.5 Å². The highest BCUT2D eigenvalue weighted by Crippen LogP contribution is 2.25. The highest BCUT2D eigenvalue weighted by molar-refractivity contribution is 6.42. The second kappa shape index (κ2) is 15.1. The number of nitrogens with zero attached hydrogens (tertiary/aromatic N) is 5. The van der Waals surface area contributed by atoms with Crippen molar-refractivity contribution in [3.8, 4) is 0 Å². The van der Waals surface area contributed by atoms with Gasteiger partial charge in [-0.25, -0.2) is 0 Å². The Bertz CT molecular complexity index is 1190. The van der Waals surface area contributed by atoms with E-state index in [-0.39, 0.29) is 30.6 Å². The second-order valence-electron chi connectivity index (χ2n) is 11.1. The molecule has 0 saturated carbocycles. The SMILES string of the molecule is CN(C)C(=O)C(CC(=O)N1CCN(Cc2ccc(Cl)c(Cl)c2)CC1)CC(=O)N1CCN(Cc2ccc(Cl)c(Cl)c2)CC1. The molecule has 4 rings (SSSR count). The largest absolute Gasteiger partial charge is 0.349 e. The zero-order valence-corrected chi connectivity index (χ0v) is 27.0. The summed E-state index contributed by atoms with van der Waals surface area (Å²) in [6, 6.07) is 11.2. The molecule has 0 aliphatic carbocycles. The minimum atomic E-state index is -0.691. The first-order valence-corrected chi connectivity index (χ1v) is 15.6. The number of piperazine rings is 2. The molecule has 0 bridgehead atoms. The normalized spacial score (nSPS) is 16.6. The van der Waals surface area contributed by atoms with Crippen molar-refractivity contribution in [2.75, 3.05) is 66.5 Å². The lowest BCUT2D eigenvalue weighted by atomic mass is 9.97. The van der Waals surface area contributed by atoms with E-state index in [1.54, 1.807) is 36.0 Å². The van der Waals surface area contributed by atoms with Crippen LogP contribution in [0.25, 0.3) is 0 Å². The van der Waals surface area contributed by atoms with Crippen molar-refractivity contribution in [3.63, 3.8) is 0 Å². The fraction of sp³-hybridized carbons (Fsp3) is 0.500. The van der Waals surface area contributed by atoms with E-state index in [4.69, 9.17) is 46.4 Å². The van der Waals surface area contributed by atoms with E-state index in [0.717, 1.165) is 24.2 Å². The predicted octanol–water partition coefficient (Wildman–Crippen LogP) is 4.77. The van der Waals surface area contributed by atoms with E-state index in [1.807, 2.05) is 24.3 Å². The predicted molar refractivity (Wildman–Crippen MR) is 168 cm³/mol. The zero-order chi connectivity index (χ0) is 30.4. The maximum atomic E-state index is 13.3. The summed E-state index contributed by atoms with van der Waals surface area (Å²) in [5, 5.41) is 2.11. The van der Waals surface area contributed by atoms with Gasteiger partial charge in [0.05, 0.1) is 26.0 Å². The Morgan fingerprint density at radius 3 is 1.36 bits per heavy atom. The first kappa shape index (κ1) is 32.8. The van der Waals surface area contributed by atoms with Crippen LogP contribution in [0.1, 0.15) is 24.0 Å². The molecule has 0 N–H and O–H groups in total. The Kier molecular flexibility index (Phi) is 11.8. The third kappa shape index (κ3) is 8.97. The molecule has 2 heterocycles. The Morgan fingerprint density at radius 2 is 1.02 bits per heavy atom. The first-order chi connectivity index (χ1) is 20.0. The van der Waals surface area contributed by atoms with Gasteiger partial charge >= 0.3 is 0 Å². The maximum absolute atomic E-state index is 13.3. The van der Waals surface area contributed by atoms with E-state index in [2.05, 4.69) is 9.80 Å². The van der Waals surface area contributed by atoms with Gasteiger partial charge in [0.1, 0.15) is 0 Å². The lowest BCUT2D eigenvalue weighted by Crippen LogP contribution is -2.50. The number of benzene rings is 2. The summed E-state index contributed by atoms with van der Waals surface area (Å²) in [5.74, 6) is -1.08. The van der Waals surface area contributed by atoms with Crippen LogP contribution in [0.4, 0.5) is 0 Å². The van der Waals surface area contributed by atoms with Crippen LogP contribution in [-0.4, -0.2) is 109 Å². The summed E-state index contributed by atoms with van der Waals surface area (Å²) in [7, 11) is 3.32. The smallest absolute Gasteiger partial charge is 0.226 e. The highest BCUT2D eigenvalue weighted by atomic mass is 35.5. The molecule has 2 aliphatic heterocycles. The molecule has 0 unspecified atom stereocenters. The summed E-state index contributed by atoms with van der Waals surface area (Å²) in [6.45, 7) is 6.55. The van der Waals surface area contributed by atoms with Crippen molar-refractivity contribution in [1.29, 1.82) is 0 Å². The second-order valence-corrected chi connectivity index (χ2v) is 12.8. The van der Waals surface area contributed by atoms with E-state index in [1.165, 1.54) is 4.90 Å². The Labute approximate surface area is 268 Å². The molecule has 0 atom stereocenters. The van der Waals surface area contributed by atoms with Crippen molar-refractivity contribution in [2.24, 2.45) is 5.92 Å². The molecule has 0 radical (unpaired) electrons. The summed E-state index contributed by atoms with van der Waals surface area (Å²) in [6.07, 6.45) is 0.0413. The van der Waals surface area contributed by atoms with Crippen LogP contribution in [0.3, 0.4) is 0 Å². The number of hydrogen-bond acceptors (Lipinski definition) is 5. The number of amides is 3. The molecular weight excluding hydrogens is 620 g/mol. The Hall–Kier alpha value is -2.07. The number of carbonyl (C=O) groups is 3. The van der Waals surface area contributed by atoms with Crippen LogP contribution < -0.4 is 0 Å². The van der Waals surface area contributed by atoms with E-state index in [9.17, 15) is 14.4 Å². The molecule has 2 aliphatic rings. The van der Waals surface area contributed by atoms with Gasteiger partial charge in [0, 0.05) is 92.4 Å². The van der Waals surface area contributed by atoms with Crippen LogP contribution in [0, 0.1) is 5.92 Å². The summed E-state index contributed by atoms with van der Waals surface area (Å²) >= 11 is 24.4. The number of hydrogen-bond donors (Lipinski definition) is 0. The average Bonchev–Trinajstić information content (AvgIpc) is 2.96. The molecule has 42 heavy (non-hydrogen) atoms. The van der Waals surface area contributed by atoms with Gasteiger partial charge in [0.2, 0.25) is 17.7 Å². The number of carbonyl (C=O) groups excluding carboxylic acids is 3. The van der Waals surface area contributed by atoms with Gasteiger partial charge < -0.3 is 14.7 Å². The lowest BCUT2D eigenvalue weighted by molar-refractivity contribution is -0.144. The van der Waals surface area contributed by atoms with E-state index in [0.29, 0.717) is 72.4 Å². The van der Waals surface area contributed by atoms with E-state index < -0.39 is 5.92 Å². The van der Waals surface area contributed by atoms with Crippen LogP contribution >= 0.6 is 46.4 Å². The first-order valence-electron chi connectivity index (χ1n) is 14.1. The minimum Gasteiger partial charge on any atom is -0.349 e. The van der Waals surface area contributed by atoms with Crippen molar-refractivity contribution >= 4 is 64.1 Å². The average molecular weight is 657 g/mol. The topological polar surface area (TPSA) is 67.4 Å².